The number of rotatable bonds is 5. The van der Waals surface area contributed by atoms with E-state index in [2.05, 4.69) is 10.6 Å². The van der Waals surface area contributed by atoms with Crippen LogP contribution in [0, 0.1) is 0 Å². The molecule has 118 valence electrons. The van der Waals surface area contributed by atoms with Crippen LogP contribution in [0.3, 0.4) is 0 Å². The van der Waals surface area contributed by atoms with E-state index in [1.807, 2.05) is 30.3 Å². The van der Waals surface area contributed by atoms with E-state index >= 15 is 0 Å². The van der Waals surface area contributed by atoms with E-state index in [0.717, 1.165) is 11.8 Å². The fourth-order valence-electron chi connectivity index (χ4n) is 2.75. The largest absolute Gasteiger partial charge is 0.496 e. The summed E-state index contributed by atoms with van der Waals surface area (Å²) >= 11 is 0. The molecule has 1 aliphatic rings. The Balaban J connectivity index is 2.19. The van der Waals surface area contributed by atoms with Gasteiger partial charge in [-0.15, -0.1) is 0 Å². The molecule has 0 spiro atoms. The first kappa shape index (κ1) is 14.9. The van der Waals surface area contributed by atoms with Crippen LogP contribution in [-0.2, 0) is 10.5 Å². The van der Waals surface area contributed by atoms with E-state index < -0.39 is 5.66 Å². The summed E-state index contributed by atoms with van der Waals surface area (Å²) in [4.78, 5) is 23.4. The second kappa shape index (κ2) is 5.64. The van der Waals surface area contributed by atoms with Crippen molar-refractivity contribution in [2.24, 2.45) is 0 Å². The van der Waals surface area contributed by atoms with Gasteiger partial charge in [0.05, 0.1) is 25.5 Å². The first-order valence-corrected chi connectivity index (χ1v) is 7.01. The minimum absolute atomic E-state index is 0.329. The van der Waals surface area contributed by atoms with E-state index in [0.29, 0.717) is 34.7 Å². The number of fused-ring (bicyclic) bond motifs is 1. The van der Waals surface area contributed by atoms with Gasteiger partial charge in [-0.05, 0) is 0 Å². The Morgan fingerprint density at radius 3 is 2.17 bits per heavy atom. The normalized spacial score (nSPS) is 18.3. The van der Waals surface area contributed by atoms with Crippen molar-refractivity contribution in [1.82, 2.24) is 0 Å². The predicted molar refractivity (Wildman–Crippen MR) is 86.4 cm³/mol. The van der Waals surface area contributed by atoms with Crippen molar-refractivity contribution < 1.29 is 19.1 Å². The maximum absolute atomic E-state index is 11.9. The molecule has 0 saturated carbocycles. The zero-order valence-corrected chi connectivity index (χ0v) is 12.8. The first-order chi connectivity index (χ1) is 11.2. The highest BCUT2D eigenvalue weighted by Gasteiger charge is 2.41. The Labute approximate surface area is 133 Å². The highest BCUT2D eigenvalue weighted by Crippen LogP contribution is 2.48. The summed E-state index contributed by atoms with van der Waals surface area (Å²) in [5.41, 5.74) is 0.916. The van der Waals surface area contributed by atoms with Crippen LogP contribution in [0.25, 0.3) is 0 Å². The molecule has 3 rings (SSSR count). The third kappa shape index (κ3) is 2.19. The third-order valence-electron chi connectivity index (χ3n) is 3.90. The lowest BCUT2D eigenvalue weighted by molar-refractivity contribution is -0.110. The molecule has 6 nitrogen and oxygen atoms in total. The van der Waals surface area contributed by atoms with Crippen molar-refractivity contribution >= 4 is 23.9 Å². The van der Waals surface area contributed by atoms with Gasteiger partial charge in [-0.1, -0.05) is 30.3 Å². The lowest BCUT2D eigenvalue weighted by Gasteiger charge is -2.25. The van der Waals surface area contributed by atoms with Gasteiger partial charge in [0.15, 0.2) is 18.2 Å². The molecular weight excluding hydrogens is 296 g/mol. The van der Waals surface area contributed by atoms with Crippen LogP contribution < -0.4 is 20.1 Å². The molecule has 0 radical (unpaired) electrons. The van der Waals surface area contributed by atoms with Gasteiger partial charge in [-0.2, -0.15) is 0 Å². The second-order valence-corrected chi connectivity index (χ2v) is 5.10. The van der Waals surface area contributed by atoms with Crippen LogP contribution in [0.4, 0.5) is 11.4 Å². The van der Waals surface area contributed by atoms with Gasteiger partial charge in [0.2, 0.25) is 0 Å². The van der Waals surface area contributed by atoms with E-state index in [9.17, 15) is 9.59 Å². The Morgan fingerprint density at radius 2 is 1.61 bits per heavy atom. The molecule has 0 bridgehead atoms. The number of hydrogen-bond donors (Lipinski definition) is 2. The molecule has 6 heteroatoms. The first-order valence-electron chi connectivity index (χ1n) is 7.01. The molecule has 0 fully saturated rings. The Kier molecular flexibility index (Phi) is 3.65. The van der Waals surface area contributed by atoms with Crippen molar-refractivity contribution in [3.05, 3.63) is 47.5 Å². The smallest absolute Gasteiger partial charge is 0.192 e. The molecule has 2 aromatic carbocycles. The number of benzene rings is 2. The summed E-state index contributed by atoms with van der Waals surface area (Å²) in [6.45, 7) is 0. The quantitative estimate of drug-likeness (QED) is 0.826. The fraction of sp³-hybridized carbons (Fsp3) is 0.176. The van der Waals surface area contributed by atoms with E-state index in [-0.39, 0.29) is 0 Å². The Bertz CT molecular complexity index is 761. The minimum atomic E-state index is -1.17. The number of hydrogen-bond acceptors (Lipinski definition) is 6. The summed E-state index contributed by atoms with van der Waals surface area (Å²) in [5, 5.41) is 6.25. The number of carbonyl (C=O) groups is 2. The molecule has 0 aromatic heterocycles. The van der Waals surface area contributed by atoms with Crippen LogP contribution in [-0.4, -0.2) is 26.8 Å². The van der Waals surface area contributed by atoms with Crippen LogP contribution in [0.5, 0.6) is 11.5 Å². The topological polar surface area (TPSA) is 76.7 Å². The lowest BCUT2D eigenvalue weighted by Crippen LogP contribution is -2.40. The summed E-state index contributed by atoms with van der Waals surface area (Å²) in [6.07, 6.45) is 1.46. The van der Waals surface area contributed by atoms with Crippen molar-refractivity contribution in [1.29, 1.82) is 0 Å². The second-order valence-electron chi connectivity index (χ2n) is 5.10. The number of ether oxygens (including phenoxy) is 2. The summed E-state index contributed by atoms with van der Waals surface area (Å²) in [7, 11) is 2.99. The van der Waals surface area contributed by atoms with Crippen molar-refractivity contribution in [2.75, 3.05) is 24.9 Å². The molecular formula is C17H16N2O4. The van der Waals surface area contributed by atoms with Gasteiger partial charge in [-0.3, -0.25) is 9.59 Å². The Morgan fingerprint density at radius 1 is 0.957 bits per heavy atom. The number of nitrogens with one attached hydrogen (secondary N) is 2. The summed E-state index contributed by atoms with van der Waals surface area (Å²) in [5.74, 6) is 0.856. The number of methoxy groups -OCH3 is 2. The molecule has 2 N–H and O–H groups in total. The molecule has 1 aliphatic heterocycles. The molecule has 23 heavy (non-hydrogen) atoms. The molecule has 0 amide bonds. The average Bonchev–Trinajstić information content (AvgIpc) is 3.02. The molecule has 1 atom stereocenters. The lowest BCUT2D eigenvalue weighted by atomic mass is 10.0. The molecule has 2 aromatic rings. The monoisotopic (exact) mass is 312 g/mol. The van der Waals surface area contributed by atoms with Gasteiger partial charge in [0.25, 0.3) is 0 Å². The van der Waals surface area contributed by atoms with E-state index in [1.54, 1.807) is 6.07 Å². The average molecular weight is 312 g/mol. The molecule has 1 heterocycles. The SMILES string of the molecule is COc1cc(OC)c2c(c1C=O)NC(C=O)(c1ccccc1)N2. The molecule has 0 saturated heterocycles. The van der Waals surface area contributed by atoms with Gasteiger partial charge in [-0.25, -0.2) is 0 Å². The minimum Gasteiger partial charge on any atom is -0.496 e. The standard InChI is InChI=1S/C17H16N2O4/c1-22-13-8-14(23-2)16-15(12(13)9-20)18-17(10-21,19-16)11-6-4-3-5-7-11/h3-10,18-19H,1-2H3. The van der Waals surface area contributed by atoms with Gasteiger partial charge in [0, 0.05) is 11.6 Å². The van der Waals surface area contributed by atoms with Gasteiger partial charge < -0.3 is 20.1 Å². The predicted octanol–water partition coefficient (Wildman–Crippen LogP) is 2.41. The van der Waals surface area contributed by atoms with Gasteiger partial charge >= 0.3 is 0 Å². The zero-order valence-electron chi connectivity index (χ0n) is 12.8. The summed E-state index contributed by atoms with van der Waals surface area (Å²) in [6, 6.07) is 10.8. The van der Waals surface area contributed by atoms with Crippen molar-refractivity contribution in [3.8, 4) is 11.5 Å². The number of carbonyl (C=O) groups excluding carboxylic acids is 2. The maximum Gasteiger partial charge on any atom is 0.192 e. The van der Waals surface area contributed by atoms with Crippen LogP contribution in [0.15, 0.2) is 36.4 Å². The maximum atomic E-state index is 11.9. The van der Waals surface area contributed by atoms with Gasteiger partial charge in [0.1, 0.15) is 17.2 Å². The van der Waals surface area contributed by atoms with Crippen LogP contribution >= 0.6 is 0 Å². The highest BCUT2D eigenvalue weighted by atomic mass is 16.5. The molecule has 1 unspecified atom stereocenters. The fourth-order valence-corrected chi connectivity index (χ4v) is 2.75. The van der Waals surface area contributed by atoms with Crippen molar-refractivity contribution in [2.45, 2.75) is 5.66 Å². The summed E-state index contributed by atoms with van der Waals surface area (Å²) < 4.78 is 10.6. The van der Waals surface area contributed by atoms with E-state index in [1.165, 1.54) is 14.2 Å². The molecule has 0 aliphatic carbocycles. The van der Waals surface area contributed by atoms with Crippen LogP contribution in [0.2, 0.25) is 0 Å². The zero-order chi connectivity index (χ0) is 16.4. The van der Waals surface area contributed by atoms with Crippen molar-refractivity contribution in [3.63, 3.8) is 0 Å². The highest BCUT2D eigenvalue weighted by molar-refractivity contribution is 6.02. The van der Waals surface area contributed by atoms with E-state index in [4.69, 9.17) is 9.47 Å². The number of anilines is 2. The third-order valence-corrected chi connectivity index (χ3v) is 3.90. The Hall–Kier alpha value is -3.02. The number of aldehydes is 2. The van der Waals surface area contributed by atoms with Crippen LogP contribution in [0.1, 0.15) is 15.9 Å².